The maximum atomic E-state index is 13.3. The number of rotatable bonds is 7. The van der Waals surface area contributed by atoms with Crippen molar-refractivity contribution in [1.29, 1.82) is 0 Å². The molecule has 0 spiro atoms. The number of aliphatic hydroxyl groups excluding tert-OH is 1. The molecular weight excluding hydrogens is 388 g/mol. The van der Waals surface area contributed by atoms with Crippen molar-refractivity contribution < 1.29 is 24.2 Å². The van der Waals surface area contributed by atoms with Gasteiger partial charge in [0.2, 0.25) is 5.91 Å². The lowest BCUT2D eigenvalue weighted by Gasteiger charge is -2.35. The molecule has 30 heavy (non-hydrogen) atoms. The van der Waals surface area contributed by atoms with Crippen molar-refractivity contribution in [3.8, 4) is 5.75 Å². The Morgan fingerprint density at radius 3 is 2.50 bits per heavy atom. The van der Waals surface area contributed by atoms with E-state index in [0.29, 0.717) is 50.5 Å². The molecule has 1 aromatic rings. The highest BCUT2D eigenvalue weighted by molar-refractivity contribution is 6.09. The summed E-state index contributed by atoms with van der Waals surface area (Å²) in [6.07, 6.45) is 0.369. The van der Waals surface area contributed by atoms with Crippen molar-refractivity contribution in [1.82, 2.24) is 20.0 Å². The van der Waals surface area contributed by atoms with Crippen molar-refractivity contribution in [3.63, 3.8) is 0 Å². The lowest BCUT2D eigenvalue weighted by atomic mass is 9.86. The van der Waals surface area contributed by atoms with E-state index < -0.39 is 17.5 Å². The van der Waals surface area contributed by atoms with Gasteiger partial charge in [-0.25, -0.2) is 4.79 Å². The maximum Gasteiger partial charge on any atom is 0.325 e. The van der Waals surface area contributed by atoms with E-state index in [-0.39, 0.29) is 19.1 Å². The number of urea groups is 1. The first-order valence-corrected chi connectivity index (χ1v) is 10.3. The third-order valence-electron chi connectivity index (χ3n) is 6.03. The lowest BCUT2D eigenvalue weighted by molar-refractivity contribution is -0.140. The molecule has 2 N–H and O–H groups in total. The second-order valence-electron chi connectivity index (χ2n) is 7.71. The third-order valence-corrected chi connectivity index (χ3v) is 6.03. The van der Waals surface area contributed by atoms with Crippen LogP contribution in [0.5, 0.6) is 5.75 Å². The van der Waals surface area contributed by atoms with Gasteiger partial charge < -0.3 is 20.1 Å². The normalized spacial score (nSPS) is 22.4. The van der Waals surface area contributed by atoms with Crippen LogP contribution in [0.15, 0.2) is 18.2 Å². The number of hydrogen-bond donors (Lipinski definition) is 2. The largest absolute Gasteiger partial charge is 0.496 e. The first kappa shape index (κ1) is 22.0. The summed E-state index contributed by atoms with van der Waals surface area (Å²) in [5.74, 6) is 0.0425. The number of carbonyl (C=O) groups excluding carboxylic acids is 3. The van der Waals surface area contributed by atoms with Gasteiger partial charge in [0.1, 0.15) is 17.8 Å². The Morgan fingerprint density at radius 2 is 1.93 bits per heavy atom. The number of piperazine rings is 1. The van der Waals surface area contributed by atoms with E-state index in [1.54, 1.807) is 24.1 Å². The number of aryl methyl sites for hydroxylation is 1. The van der Waals surface area contributed by atoms with E-state index in [1.807, 2.05) is 19.9 Å². The average molecular weight is 418 g/mol. The van der Waals surface area contributed by atoms with Gasteiger partial charge in [0.05, 0.1) is 13.7 Å². The van der Waals surface area contributed by atoms with E-state index in [0.717, 1.165) is 10.5 Å². The summed E-state index contributed by atoms with van der Waals surface area (Å²) in [4.78, 5) is 43.5. The molecule has 2 aliphatic rings. The van der Waals surface area contributed by atoms with Crippen molar-refractivity contribution >= 4 is 17.8 Å². The van der Waals surface area contributed by atoms with E-state index in [9.17, 15) is 14.4 Å². The van der Waals surface area contributed by atoms with Gasteiger partial charge in [0, 0.05) is 32.7 Å². The highest BCUT2D eigenvalue weighted by atomic mass is 16.5. The minimum atomic E-state index is -1.19. The van der Waals surface area contributed by atoms with Crippen LogP contribution in [0.4, 0.5) is 4.79 Å². The van der Waals surface area contributed by atoms with Crippen LogP contribution in [0.25, 0.3) is 0 Å². The van der Waals surface area contributed by atoms with Crippen LogP contribution >= 0.6 is 0 Å². The molecule has 1 unspecified atom stereocenters. The molecule has 3 rings (SSSR count). The highest BCUT2D eigenvalue weighted by Gasteiger charge is 2.52. The second-order valence-corrected chi connectivity index (χ2v) is 7.71. The Morgan fingerprint density at radius 1 is 1.23 bits per heavy atom. The Labute approximate surface area is 176 Å². The smallest absolute Gasteiger partial charge is 0.325 e. The van der Waals surface area contributed by atoms with Crippen LogP contribution in [0.3, 0.4) is 0 Å². The zero-order chi connectivity index (χ0) is 21.9. The van der Waals surface area contributed by atoms with Gasteiger partial charge in [0.25, 0.3) is 5.91 Å². The summed E-state index contributed by atoms with van der Waals surface area (Å²) >= 11 is 0. The summed E-state index contributed by atoms with van der Waals surface area (Å²) < 4.78 is 5.29. The molecule has 4 amide bonds. The number of ether oxygens (including phenoxy) is 1. The Hall–Kier alpha value is -2.65. The number of aliphatic hydroxyl groups is 1. The van der Waals surface area contributed by atoms with Crippen LogP contribution < -0.4 is 10.1 Å². The molecule has 2 fully saturated rings. The molecule has 164 valence electrons. The van der Waals surface area contributed by atoms with Crippen molar-refractivity contribution in [2.45, 2.75) is 25.8 Å². The molecular formula is C21H30N4O5. The first-order valence-electron chi connectivity index (χ1n) is 10.3. The topological polar surface area (TPSA) is 102 Å². The van der Waals surface area contributed by atoms with Crippen molar-refractivity contribution in [2.75, 3.05) is 53.0 Å². The average Bonchev–Trinajstić information content (AvgIpc) is 2.99. The first-order chi connectivity index (χ1) is 14.4. The fourth-order valence-electron chi connectivity index (χ4n) is 4.15. The highest BCUT2D eigenvalue weighted by Crippen LogP contribution is 2.34. The standard InChI is InChI=1S/C21H30N4O5/c1-4-21(16-5-6-17(30-3)15(2)13-16)19(28)25(20(29)22-21)14-18(27)24-9-7-23(8-10-24)11-12-26/h5-6,13,26H,4,7-12,14H2,1-3H3,(H,22,29). The Balaban J connectivity index is 1.73. The maximum absolute atomic E-state index is 13.3. The molecule has 9 nitrogen and oxygen atoms in total. The van der Waals surface area contributed by atoms with Gasteiger partial charge in [0.15, 0.2) is 0 Å². The number of β-amino-alcohol motifs (C(OH)–C–C–N with tert-alkyl or cyclic N) is 1. The number of amides is 4. The number of methoxy groups -OCH3 is 1. The zero-order valence-corrected chi connectivity index (χ0v) is 17.8. The van der Waals surface area contributed by atoms with E-state index in [2.05, 4.69) is 10.2 Å². The van der Waals surface area contributed by atoms with Crippen LogP contribution in [-0.4, -0.2) is 90.6 Å². The number of carbonyl (C=O) groups is 3. The predicted octanol–water partition coefficient (Wildman–Crippen LogP) is 0.297. The molecule has 2 saturated heterocycles. The van der Waals surface area contributed by atoms with E-state index in [4.69, 9.17) is 9.84 Å². The lowest BCUT2D eigenvalue weighted by Crippen LogP contribution is -2.52. The Kier molecular flexibility index (Phi) is 6.62. The molecule has 2 aliphatic heterocycles. The number of nitrogens with zero attached hydrogens (tertiary/aromatic N) is 3. The number of imide groups is 1. The monoisotopic (exact) mass is 418 g/mol. The zero-order valence-electron chi connectivity index (χ0n) is 17.8. The summed E-state index contributed by atoms with van der Waals surface area (Å²) in [5.41, 5.74) is 0.350. The SMILES string of the molecule is CCC1(c2ccc(OC)c(C)c2)NC(=O)N(CC(=O)N2CCN(CCO)CC2)C1=O. The van der Waals surface area contributed by atoms with Crippen LogP contribution in [0.2, 0.25) is 0 Å². The fourth-order valence-corrected chi connectivity index (χ4v) is 4.15. The number of hydrogen-bond acceptors (Lipinski definition) is 6. The van der Waals surface area contributed by atoms with Crippen molar-refractivity contribution in [2.24, 2.45) is 0 Å². The van der Waals surface area contributed by atoms with Gasteiger partial charge in [-0.05, 0) is 36.6 Å². The number of nitrogens with one attached hydrogen (secondary N) is 1. The van der Waals surface area contributed by atoms with Gasteiger partial charge in [-0.3, -0.25) is 19.4 Å². The van der Waals surface area contributed by atoms with E-state index in [1.165, 1.54) is 0 Å². The fraction of sp³-hybridized carbons (Fsp3) is 0.571. The molecule has 0 bridgehead atoms. The second kappa shape index (κ2) is 9.01. The Bertz CT molecular complexity index is 822. The molecule has 9 heteroatoms. The number of benzene rings is 1. The molecule has 1 atom stereocenters. The van der Waals surface area contributed by atoms with Gasteiger partial charge in [-0.1, -0.05) is 13.0 Å². The van der Waals surface area contributed by atoms with Crippen LogP contribution in [0, 0.1) is 6.92 Å². The predicted molar refractivity (Wildman–Crippen MR) is 110 cm³/mol. The minimum Gasteiger partial charge on any atom is -0.496 e. The quantitative estimate of drug-likeness (QED) is 0.618. The minimum absolute atomic E-state index is 0.0837. The summed E-state index contributed by atoms with van der Waals surface area (Å²) in [5, 5.41) is 11.9. The van der Waals surface area contributed by atoms with E-state index >= 15 is 0 Å². The molecule has 1 aromatic carbocycles. The van der Waals surface area contributed by atoms with Gasteiger partial charge in [-0.2, -0.15) is 0 Å². The molecule has 0 aromatic heterocycles. The van der Waals surface area contributed by atoms with Crippen LogP contribution in [0.1, 0.15) is 24.5 Å². The third kappa shape index (κ3) is 3.99. The summed E-state index contributed by atoms with van der Waals surface area (Å²) in [7, 11) is 1.58. The van der Waals surface area contributed by atoms with Gasteiger partial charge >= 0.3 is 6.03 Å². The molecule has 0 radical (unpaired) electrons. The summed E-state index contributed by atoms with van der Waals surface area (Å²) in [6, 6.07) is 4.84. The van der Waals surface area contributed by atoms with Gasteiger partial charge in [-0.15, -0.1) is 0 Å². The van der Waals surface area contributed by atoms with Crippen molar-refractivity contribution in [3.05, 3.63) is 29.3 Å². The molecule has 0 saturated carbocycles. The molecule has 2 heterocycles. The summed E-state index contributed by atoms with van der Waals surface area (Å²) in [6.45, 7) is 6.45. The van der Waals surface area contributed by atoms with Crippen LogP contribution in [-0.2, 0) is 15.1 Å². The molecule has 0 aliphatic carbocycles.